The van der Waals surface area contributed by atoms with Crippen molar-refractivity contribution in [3.05, 3.63) is 48.2 Å². The molecule has 2 heterocycles. The Hall–Kier alpha value is -2.45. The van der Waals surface area contributed by atoms with Gasteiger partial charge in [0.05, 0.1) is 16.8 Å². The summed E-state index contributed by atoms with van der Waals surface area (Å²) in [6, 6.07) is 9.24. The van der Waals surface area contributed by atoms with Crippen molar-refractivity contribution in [3.8, 4) is 0 Å². The Kier molecular flexibility index (Phi) is 5.48. The van der Waals surface area contributed by atoms with Gasteiger partial charge < -0.3 is 11.1 Å². The minimum absolute atomic E-state index is 0.203. The topological polar surface area (TPSA) is 105 Å². The molecular formula is C19H24N4O3S. The van der Waals surface area contributed by atoms with E-state index in [9.17, 15) is 13.2 Å². The van der Waals surface area contributed by atoms with Crippen molar-refractivity contribution >= 4 is 27.4 Å². The molecule has 0 radical (unpaired) electrons. The van der Waals surface area contributed by atoms with Crippen LogP contribution in [-0.4, -0.2) is 36.7 Å². The van der Waals surface area contributed by atoms with Crippen molar-refractivity contribution in [1.82, 2.24) is 9.29 Å². The van der Waals surface area contributed by atoms with Crippen LogP contribution in [0.5, 0.6) is 0 Å². The maximum Gasteiger partial charge on any atom is 0.255 e. The van der Waals surface area contributed by atoms with Gasteiger partial charge in [0.25, 0.3) is 5.91 Å². The van der Waals surface area contributed by atoms with Crippen LogP contribution in [0, 0.1) is 11.8 Å². The summed E-state index contributed by atoms with van der Waals surface area (Å²) < 4.78 is 27.3. The Balaban J connectivity index is 1.74. The summed E-state index contributed by atoms with van der Waals surface area (Å²) in [5.74, 6) is 0.693. The lowest BCUT2D eigenvalue weighted by molar-refractivity contribution is 0.102. The normalized spacial score (nSPS) is 21.0. The van der Waals surface area contributed by atoms with Crippen LogP contribution in [0.4, 0.5) is 11.5 Å². The first kappa shape index (κ1) is 19.3. The van der Waals surface area contributed by atoms with Gasteiger partial charge in [-0.15, -0.1) is 0 Å². The second kappa shape index (κ2) is 7.66. The molecule has 27 heavy (non-hydrogen) atoms. The van der Waals surface area contributed by atoms with Crippen LogP contribution in [0.2, 0.25) is 0 Å². The average molecular weight is 388 g/mol. The van der Waals surface area contributed by atoms with Gasteiger partial charge in [-0.05, 0) is 54.7 Å². The number of aromatic nitrogens is 1. The summed E-state index contributed by atoms with van der Waals surface area (Å²) in [6.45, 7) is 5.19. The van der Waals surface area contributed by atoms with Crippen LogP contribution in [0.3, 0.4) is 0 Å². The Labute approximate surface area is 159 Å². The third-order valence-corrected chi connectivity index (χ3v) is 6.48. The van der Waals surface area contributed by atoms with Crippen LogP contribution in [0.15, 0.2) is 47.5 Å². The first-order valence-corrected chi connectivity index (χ1v) is 10.3. The molecule has 1 amide bonds. The molecule has 1 aliphatic heterocycles. The van der Waals surface area contributed by atoms with E-state index in [1.54, 1.807) is 16.4 Å². The van der Waals surface area contributed by atoms with Crippen molar-refractivity contribution in [1.29, 1.82) is 0 Å². The van der Waals surface area contributed by atoms with Crippen LogP contribution >= 0.6 is 0 Å². The van der Waals surface area contributed by atoms with Crippen LogP contribution in [-0.2, 0) is 10.0 Å². The van der Waals surface area contributed by atoms with Gasteiger partial charge in [0.1, 0.15) is 5.82 Å². The lowest BCUT2D eigenvalue weighted by atomic mass is 9.94. The van der Waals surface area contributed by atoms with E-state index in [0.717, 1.165) is 6.42 Å². The maximum absolute atomic E-state index is 12.9. The average Bonchev–Trinajstić information content (AvgIpc) is 2.63. The largest absolute Gasteiger partial charge is 0.384 e. The number of sulfonamides is 1. The number of nitrogens with two attached hydrogens (primary N) is 1. The zero-order chi connectivity index (χ0) is 19.6. The number of hydrogen-bond acceptors (Lipinski definition) is 5. The number of piperidine rings is 1. The van der Waals surface area contributed by atoms with Gasteiger partial charge in [-0.25, -0.2) is 13.4 Å². The molecule has 0 aliphatic carbocycles. The molecule has 1 fully saturated rings. The van der Waals surface area contributed by atoms with Crippen molar-refractivity contribution < 1.29 is 13.2 Å². The number of pyridine rings is 1. The highest BCUT2D eigenvalue weighted by atomic mass is 32.2. The number of anilines is 2. The van der Waals surface area contributed by atoms with E-state index in [1.165, 1.54) is 30.5 Å². The van der Waals surface area contributed by atoms with Gasteiger partial charge in [-0.3, -0.25) is 4.79 Å². The molecule has 3 rings (SSSR count). The first-order valence-electron chi connectivity index (χ1n) is 8.89. The molecule has 1 saturated heterocycles. The molecule has 144 valence electrons. The minimum Gasteiger partial charge on any atom is -0.384 e. The zero-order valence-corrected chi connectivity index (χ0v) is 16.2. The third-order valence-electron chi connectivity index (χ3n) is 4.63. The molecule has 1 aliphatic rings. The summed E-state index contributed by atoms with van der Waals surface area (Å²) in [5, 5.41) is 2.70. The molecule has 1 aromatic heterocycles. The molecule has 3 N–H and O–H groups in total. The van der Waals surface area contributed by atoms with E-state index in [0.29, 0.717) is 42.0 Å². The fraction of sp³-hybridized carbons (Fsp3) is 0.368. The molecule has 0 saturated carbocycles. The zero-order valence-electron chi connectivity index (χ0n) is 15.4. The van der Waals surface area contributed by atoms with E-state index in [-0.39, 0.29) is 10.8 Å². The second-order valence-electron chi connectivity index (χ2n) is 7.22. The van der Waals surface area contributed by atoms with Crippen molar-refractivity contribution in [2.45, 2.75) is 25.2 Å². The van der Waals surface area contributed by atoms with Crippen LogP contribution < -0.4 is 11.1 Å². The SMILES string of the molecule is CC1CC(C)CN(S(=O)(=O)c2ccc(C(=O)Nc3ccc(N)nc3)cc2)C1. The summed E-state index contributed by atoms with van der Waals surface area (Å²) in [5.41, 5.74) is 6.40. The number of carbonyl (C=O) groups excluding carboxylic acids is 1. The second-order valence-corrected chi connectivity index (χ2v) is 9.16. The molecule has 7 nitrogen and oxygen atoms in total. The summed E-state index contributed by atoms with van der Waals surface area (Å²) >= 11 is 0. The van der Waals surface area contributed by atoms with Crippen molar-refractivity contribution in [3.63, 3.8) is 0 Å². The van der Waals surface area contributed by atoms with E-state index < -0.39 is 10.0 Å². The molecule has 1 aromatic carbocycles. The van der Waals surface area contributed by atoms with Gasteiger partial charge in [0.2, 0.25) is 10.0 Å². The molecule has 0 bridgehead atoms. The van der Waals surface area contributed by atoms with Gasteiger partial charge in [-0.2, -0.15) is 4.31 Å². The van der Waals surface area contributed by atoms with Gasteiger partial charge >= 0.3 is 0 Å². The molecule has 2 aromatic rings. The monoisotopic (exact) mass is 388 g/mol. The molecule has 8 heteroatoms. The van der Waals surface area contributed by atoms with Crippen LogP contribution in [0.25, 0.3) is 0 Å². The number of nitrogen functional groups attached to an aromatic ring is 1. The highest BCUT2D eigenvalue weighted by Crippen LogP contribution is 2.26. The Morgan fingerprint density at radius 2 is 1.74 bits per heavy atom. The Bertz CT molecular complexity index is 901. The van der Waals surface area contributed by atoms with E-state index >= 15 is 0 Å². The van der Waals surface area contributed by atoms with E-state index in [4.69, 9.17) is 5.73 Å². The molecule has 2 unspecified atom stereocenters. The van der Waals surface area contributed by atoms with Crippen LogP contribution in [0.1, 0.15) is 30.6 Å². The van der Waals surface area contributed by atoms with Gasteiger partial charge in [0, 0.05) is 18.7 Å². The number of rotatable bonds is 4. The summed E-state index contributed by atoms with van der Waals surface area (Å²) in [6.07, 6.45) is 2.50. The van der Waals surface area contributed by atoms with E-state index in [2.05, 4.69) is 24.1 Å². The molecular weight excluding hydrogens is 364 g/mol. The smallest absolute Gasteiger partial charge is 0.255 e. The van der Waals surface area contributed by atoms with Gasteiger partial charge in [-0.1, -0.05) is 13.8 Å². The quantitative estimate of drug-likeness (QED) is 0.837. The highest BCUT2D eigenvalue weighted by molar-refractivity contribution is 7.89. The highest BCUT2D eigenvalue weighted by Gasteiger charge is 2.31. The Morgan fingerprint density at radius 3 is 2.30 bits per heavy atom. The number of carbonyl (C=O) groups is 1. The predicted octanol–water partition coefficient (Wildman–Crippen LogP) is 2.58. The lowest BCUT2D eigenvalue weighted by Gasteiger charge is -2.34. The minimum atomic E-state index is -3.56. The van der Waals surface area contributed by atoms with Crippen molar-refractivity contribution in [2.24, 2.45) is 11.8 Å². The molecule has 0 spiro atoms. The number of nitrogens with one attached hydrogen (secondary N) is 1. The van der Waals surface area contributed by atoms with E-state index in [1.807, 2.05) is 0 Å². The predicted molar refractivity (Wildman–Crippen MR) is 105 cm³/mol. The first-order chi connectivity index (χ1) is 12.8. The summed E-state index contributed by atoms with van der Waals surface area (Å²) in [4.78, 5) is 16.4. The van der Waals surface area contributed by atoms with Crippen molar-refractivity contribution in [2.75, 3.05) is 24.1 Å². The number of amides is 1. The maximum atomic E-state index is 12.9. The molecule has 2 atom stereocenters. The number of benzene rings is 1. The lowest BCUT2D eigenvalue weighted by Crippen LogP contribution is -2.42. The fourth-order valence-electron chi connectivity index (χ4n) is 3.41. The number of hydrogen-bond donors (Lipinski definition) is 2. The Morgan fingerprint density at radius 1 is 1.11 bits per heavy atom. The van der Waals surface area contributed by atoms with Gasteiger partial charge in [0.15, 0.2) is 0 Å². The fourth-order valence-corrected chi connectivity index (χ4v) is 5.09. The summed E-state index contributed by atoms with van der Waals surface area (Å²) in [7, 11) is -3.56. The number of nitrogens with zero attached hydrogens (tertiary/aromatic N) is 2. The third kappa shape index (κ3) is 4.45. The standard InChI is InChI=1S/C19H24N4O3S/c1-13-9-14(2)12-23(11-13)27(25,26)17-6-3-15(4-7-17)19(24)22-16-5-8-18(20)21-10-16/h3-8,10,13-14H,9,11-12H2,1-2H3,(H2,20,21)(H,22,24).